The Labute approximate surface area is 161 Å². The molecule has 0 saturated carbocycles. The Kier molecular flexibility index (Phi) is 4.32. The SMILES string of the molecule is Cc1ccc(Nc2ncnc3c2c(C)c(C)n3-c2cccc(F)c2)c(Cl)c1. The summed E-state index contributed by atoms with van der Waals surface area (Å²) < 4.78 is 15.7. The molecule has 2 aromatic heterocycles. The molecule has 0 aliphatic rings. The average molecular weight is 381 g/mol. The number of aromatic nitrogens is 3. The molecule has 136 valence electrons. The third-order valence-electron chi connectivity index (χ3n) is 4.74. The minimum atomic E-state index is -0.287. The van der Waals surface area contributed by atoms with Gasteiger partial charge in [-0.2, -0.15) is 0 Å². The van der Waals surface area contributed by atoms with Crippen LogP contribution in [-0.2, 0) is 0 Å². The van der Waals surface area contributed by atoms with Gasteiger partial charge in [-0.3, -0.25) is 4.57 Å². The summed E-state index contributed by atoms with van der Waals surface area (Å²) >= 11 is 6.37. The van der Waals surface area contributed by atoms with Gasteiger partial charge in [-0.25, -0.2) is 14.4 Å². The summed E-state index contributed by atoms with van der Waals surface area (Å²) in [5, 5.41) is 4.83. The summed E-state index contributed by atoms with van der Waals surface area (Å²) in [5.74, 6) is 0.381. The molecule has 0 unspecified atom stereocenters. The van der Waals surface area contributed by atoms with E-state index in [1.54, 1.807) is 6.07 Å². The first-order valence-corrected chi connectivity index (χ1v) is 8.95. The number of hydrogen-bond acceptors (Lipinski definition) is 3. The number of nitrogens with zero attached hydrogens (tertiary/aromatic N) is 3. The van der Waals surface area contributed by atoms with E-state index in [1.165, 1.54) is 18.5 Å². The fraction of sp³-hybridized carbons (Fsp3) is 0.143. The Balaban J connectivity index is 1.90. The number of rotatable bonds is 3. The van der Waals surface area contributed by atoms with Crippen LogP contribution in [-0.4, -0.2) is 14.5 Å². The second-order valence-electron chi connectivity index (χ2n) is 6.55. The summed E-state index contributed by atoms with van der Waals surface area (Å²) in [7, 11) is 0. The lowest BCUT2D eigenvalue weighted by Crippen LogP contribution is -2.00. The molecule has 4 rings (SSSR count). The van der Waals surface area contributed by atoms with Crippen LogP contribution >= 0.6 is 11.6 Å². The predicted octanol–water partition coefficient (Wildman–Crippen LogP) is 5.88. The number of nitrogens with one attached hydrogen (secondary N) is 1. The van der Waals surface area contributed by atoms with Crippen molar-refractivity contribution in [2.75, 3.05) is 5.32 Å². The average Bonchev–Trinajstić information content (AvgIpc) is 2.89. The van der Waals surface area contributed by atoms with E-state index in [0.29, 0.717) is 10.8 Å². The molecule has 0 aliphatic carbocycles. The van der Waals surface area contributed by atoms with E-state index in [0.717, 1.165) is 39.2 Å². The van der Waals surface area contributed by atoms with E-state index in [4.69, 9.17) is 11.6 Å². The molecule has 1 N–H and O–H groups in total. The van der Waals surface area contributed by atoms with Crippen molar-refractivity contribution in [2.45, 2.75) is 20.8 Å². The van der Waals surface area contributed by atoms with Gasteiger partial charge in [-0.05, 0) is 62.2 Å². The van der Waals surface area contributed by atoms with E-state index >= 15 is 0 Å². The maximum atomic E-state index is 13.8. The number of fused-ring (bicyclic) bond motifs is 1. The van der Waals surface area contributed by atoms with Crippen LogP contribution in [0.4, 0.5) is 15.9 Å². The van der Waals surface area contributed by atoms with E-state index in [-0.39, 0.29) is 5.82 Å². The monoisotopic (exact) mass is 380 g/mol. The van der Waals surface area contributed by atoms with Crippen LogP contribution in [0.3, 0.4) is 0 Å². The molecule has 0 radical (unpaired) electrons. The minimum absolute atomic E-state index is 0.287. The van der Waals surface area contributed by atoms with Gasteiger partial charge in [0.1, 0.15) is 18.0 Å². The largest absolute Gasteiger partial charge is 0.338 e. The van der Waals surface area contributed by atoms with Crippen LogP contribution in [0.1, 0.15) is 16.8 Å². The van der Waals surface area contributed by atoms with Crippen molar-refractivity contribution in [1.82, 2.24) is 14.5 Å². The predicted molar refractivity (Wildman–Crippen MR) is 108 cm³/mol. The van der Waals surface area contributed by atoms with Crippen molar-refractivity contribution in [3.8, 4) is 5.69 Å². The van der Waals surface area contributed by atoms with Gasteiger partial charge in [0.05, 0.1) is 21.8 Å². The lowest BCUT2D eigenvalue weighted by Gasteiger charge is -2.10. The third-order valence-corrected chi connectivity index (χ3v) is 5.05. The Morgan fingerprint density at radius 2 is 1.85 bits per heavy atom. The Morgan fingerprint density at radius 3 is 2.59 bits per heavy atom. The first-order chi connectivity index (χ1) is 13.0. The number of aryl methyl sites for hydroxylation is 2. The van der Waals surface area contributed by atoms with Crippen molar-refractivity contribution < 1.29 is 4.39 Å². The minimum Gasteiger partial charge on any atom is -0.338 e. The van der Waals surface area contributed by atoms with Gasteiger partial charge in [0.2, 0.25) is 0 Å². The van der Waals surface area contributed by atoms with E-state index < -0.39 is 0 Å². The van der Waals surface area contributed by atoms with Crippen molar-refractivity contribution in [1.29, 1.82) is 0 Å². The zero-order valence-electron chi connectivity index (χ0n) is 15.2. The highest BCUT2D eigenvalue weighted by Gasteiger charge is 2.18. The highest BCUT2D eigenvalue weighted by Crippen LogP contribution is 2.34. The fourth-order valence-electron chi connectivity index (χ4n) is 3.27. The lowest BCUT2D eigenvalue weighted by atomic mass is 10.2. The third kappa shape index (κ3) is 3.04. The van der Waals surface area contributed by atoms with Gasteiger partial charge in [0, 0.05) is 5.69 Å². The second-order valence-corrected chi connectivity index (χ2v) is 6.96. The molecule has 0 atom stereocenters. The number of halogens is 2. The molecule has 0 fully saturated rings. The van der Waals surface area contributed by atoms with E-state index in [9.17, 15) is 4.39 Å². The van der Waals surface area contributed by atoms with Crippen LogP contribution in [0.5, 0.6) is 0 Å². The van der Waals surface area contributed by atoms with Crippen LogP contribution in [0, 0.1) is 26.6 Å². The molecular formula is C21H18ClFN4. The highest BCUT2D eigenvalue weighted by molar-refractivity contribution is 6.33. The summed E-state index contributed by atoms with van der Waals surface area (Å²) in [6.07, 6.45) is 1.50. The zero-order valence-corrected chi connectivity index (χ0v) is 16.0. The van der Waals surface area contributed by atoms with Crippen LogP contribution < -0.4 is 5.32 Å². The van der Waals surface area contributed by atoms with Crippen LogP contribution in [0.2, 0.25) is 5.02 Å². The summed E-state index contributed by atoms with van der Waals surface area (Å²) in [5.41, 5.74) is 5.31. The molecule has 0 amide bonds. The highest BCUT2D eigenvalue weighted by atomic mass is 35.5. The molecule has 0 spiro atoms. The molecule has 4 nitrogen and oxygen atoms in total. The summed E-state index contributed by atoms with van der Waals surface area (Å²) in [6, 6.07) is 12.3. The Bertz CT molecular complexity index is 1170. The van der Waals surface area contributed by atoms with Gasteiger partial charge in [-0.1, -0.05) is 23.7 Å². The zero-order chi connectivity index (χ0) is 19.1. The normalized spacial score (nSPS) is 11.1. The maximum Gasteiger partial charge on any atom is 0.150 e. The molecule has 0 aliphatic heterocycles. The first kappa shape index (κ1) is 17.5. The first-order valence-electron chi connectivity index (χ1n) is 8.57. The molecule has 27 heavy (non-hydrogen) atoms. The molecule has 0 saturated heterocycles. The number of benzene rings is 2. The van der Waals surface area contributed by atoms with Crippen molar-refractivity contribution >= 4 is 34.1 Å². The number of anilines is 2. The molecule has 6 heteroatoms. The van der Waals surface area contributed by atoms with Gasteiger partial charge in [0.15, 0.2) is 5.65 Å². The smallest absolute Gasteiger partial charge is 0.150 e. The van der Waals surface area contributed by atoms with E-state index in [2.05, 4.69) is 15.3 Å². The Hall–Kier alpha value is -2.92. The topological polar surface area (TPSA) is 42.7 Å². The van der Waals surface area contributed by atoms with Gasteiger partial charge in [0.25, 0.3) is 0 Å². The second kappa shape index (κ2) is 6.67. The molecule has 4 aromatic rings. The quantitative estimate of drug-likeness (QED) is 0.482. The van der Waals surface area contributed by atoms with Crippen LogP contribution in [0.25, 0.3) is 16.7 Å². The number of hydrogen-bond donors (Lipinski definition) is 1. The van der Waals surface area contributed by atoms with Crippen molar-refractivity contribution in [3.63, 3.8) is 0 Å². The molecular weight excluding hydrogens is 363 g/mol. The molecule has 2 heterocycles. The molecule has 0 bridgehead atoms. The van der Waals surface area contributed by atoms with Gasteiger partial charge >= 0.3 is 0 Å². The van der Waals surface area contributed by atoms with E-state index in [1.807, 2.05) is 49.6 Å². The summed E-state index contributed by atoms with van der Waals surface area (Å²) in [6.45, 7) is 5.99. The molecule has 2 aromatic carbocycles. The van der Waals surface area contributed by atoms with Gasteiger partial charge in [-0.15, -0.1) is 0 Å². The van der Waals surface area contributed by atoms with Gasteiger partial charge < -0.3 is 5.32 Å². The van der Waals surface area contributed by atoms with Crippen molar-refractivity contribution in [2.24, 2.45) is 0 Å². The van der Waals surface area contributed by atoms with Crippen molar-refractivity contribution in [3.05, 3.63) is 76.5 Å². The fourth-order valence-corrected chi connectivity index (χ4v) is 3.56. The summed E-state index contributed by atoms with van der Waals surface area (Å²) in [4.78, 5) is 8.89. The standard InChI is InChI=1S/C21H18ClFN4/c1-12-7-8-18(17(22)9-12)26-20-19-13(2)14(3)27(21(19)25-11-24-20)16-6-4-5-15(23)10-16/h4-11H,1-3H3,(H,24,25,26). The maximum absolute atomic E-state index is 13.8. The lowest BCUT2D eigenvalue weighted by molar-refractivity contribution is 0.626. The Morgan fingerprint density at radius 1 is 1.04 bits per heavy atom. The van der Waals surface area contributed by atoms with Crippen LogP contribution in [0.15, 0.2) is 48.8 Å².